The summed E-state index contributed by atoms with van der Waals surface area (Å²) in [5.74, 6) is 0.293. The average molecular weight is 330 g/mol. The molecule has 1 aromatic rings. The molecule has 2 fully saturated rings. The molecule has 2 saturated heterocycles. The number of hydrogen-bond acceptors (Lipinski definition) is 3. The Morgan fingerprint density at radius 2 is 2.04 bits per heavy atom. The minimum absolute atomic E-state index is 0.0464. The number of piperidine rings is 1. The summed E-state index contributed by atoms with van der Waals surface area (Å²) in [6.45, 7) is 5.18. The summed E-state index contributed by atoms with van der Waals surface area (Å²) >= 11 is 0. The van der Waals surface area contributed by atoms with Gasteiger partial charge < -0.3 is 14.5 Å². The maximum absolute atomic E-state index is 12.5. The van der Waals surface area contributed by atoms with E-state index in [0.29, 0.717) is 13.0 Å². The highest BCUT2D eigenvalue weighted by Crippen LogP contribution is 2.41. The lowest BCUT2D eigenvalue weighted by Crippen LogP contribution is -2.45. The Labute approximate surface area is 143 Å². The topological polar surface area (TPSA) is 49.9 Å². The minimum atomic E-state index is 0.0464. The zero-order chi connectivity index (χ0) is 17.2. The molecule has 2 aliphatic rings. The number of carbonyl (C=O) groups excluding carboxylic acids is 2. The van der Waals surface area contributed by atoms with E-state index in [1.165, 1.54) is 11.1 Å². The lowest BCUT2D eigenvalue weighted by atomic mass is 9.77. The first-order valence-corrected chi connectivity index (χ1v) is 8.61. The van der Waals surface area contributed by atoms with Gasteiger partial charge >= 0.3 is 0 Å². The van der Waals surface area contributed by atoms with Crippen LogP contribution >= 0.6 is 0 Å². The number of likely N-dealkylation sites (tertiary alicyclic amines) is 2. The summed E-state index contributed by atoms with van der Waals surface area (Å²) in [6.07, 6.45) is 2.42. The summed E-state index contributed by atoms with van der Waals surface area (Å²) < 4.78 is 4.93. The second kappa shape index (κ2) is 6.93. The van der Waals surface area contributed by atoms with Crippen molar-refractivity contribution in [1.82, 2.24) is 9.80 Å². The number of aryl methyl sites for hydroxylation is 1. The summed E-state index contributed by atoms with van der Waals surface area (Å²) in [5.41, 5.74) is 2.46. The van der Waals surface area contributed by atoms with Gasteiger partial charge in [-0.3, -0.25) is 9.59 Å². The van der Waals surface area contributed by atoms with Crippen LogP contribution in [0.25, 0.3) is 0 Å². The molecule has 1 spiro atoms. The van der Waals surface area contributed by atoms with Gasteiger partial charge in [0.05, 0.1) is 0 Å². The van der Waals surface area contributed by atoms with Crippen molar-refractivity contribution in [2.75, 3.05) is 33.4 Å². The van der Waals surface area contributed by atoms with Crippen LogP contribution in [-0.4, -0.2) is 55.0 Å². The molecule has 2 heterocycles. The lowest BCUT2D eigenvalue weighted by molar-refractivity contribution is -0.137. The number of amides is 2. The van der Waals surface area contributed by atoms with Gasteiger partial charge in [0.2, 0.25) is 11.8 Å². The number of rotatable bonds is 4. The van der Waals surface area contributed by atoms with Crippen LogP contribution in [0, 0.1) is 12.3 Å². The van der Waals surface area contributed by atoms with Crippen LogP contribution in [0.3, 0.4) is 0 Å². The highest BCUT2D eigenvalue weighted by Gasteiger charge is 2.45. The highest BCUT2D eigenvalue weighted by atomic mass is 16.5. The summed E-state index contributed by atoms with van der Waals surface area (Å²) in [5, 5.41) is 0. The Kier molecular flexibility index (Phi) is 4.90. The van der Waals surface area contributed by atoms with Gasteiger partial charge in [-0.05, 0) is 25.3 Å². The van der Waals surface area contributed by atoms with E-state index in [4.69, 9.17) is 4.74 Å². The maximum Gasteiger partial charge on any atom is 0.248 e. The van der Waals surface area contributed by atoms with Crippen molar-refractivity contribution in [2.24, 2.45) is 5.41 Å². The highest BCUT2D eigenvalue weighted by molar-refractivity contribution is 5.80. The molecular formula is C19H26N2O3. The Morgan fingerprint density at radius 1 is 1.29 bits per heavy atom. The second-order valence-corrected chi connectivity index (χ2v) is 7.23. The Bertz CT molecular complexity index is 621. The molecule has 0 aromatic heterocycles. The largest absolute Gasteiger partial charge is 0.375 e. The van der Waals surface area contributed by atoms with Crippen LogP contribution in [-0.2, 0) is 20.9 Å². The van der Waals surface area contributed by atoms with Crippen LogP contribution in [0.4, 0.5) is 0 Å². The standard InChI is InChI=1S/C19H26N2O3/c1-15-4-3-5-16(10-15)12-21-14-19(11-17(21)22)6-8-20(9-7-19)18(23)13-24-2/h3-5,10H,6-9,11-14H2,1-2H3. The second-order valence-electron chi connectivity index (χ2n) is 7.23. The number of carbonyl (C=O) groups is 2. The zero-order valence-corrected chi connectivity index (χ0v) is 14.6. The summed E-state index contributed by atoms with van der Waals surface area (Å²) in [6, 6.07) is 8.34. The third-order valence-electron chi connectivity index (χ3n) is 5.31. The molecule has 2 aliphatic heterocycles. The lowest BCUT2D eigenvalue weighted by Gasteiger charge is -2.38. The quantitative estimate of drug-likeness (QED) is 0.848. The van der Waals surface area contributed by atoms with E-state index in [0.717, 1.165) is 32.5 Å². The fourth-order valence-electron chi connectivity index (χ4n) is 3.94. The van der Waals surface area contributed by atoms with Gasteiger partial charge in [-0.1, -0.05) is 29.8 Å². The van der Waals surface area contributed by atoms with E-state index in [9.17, 15) is 9.59 Å². The number of nitrogens with zero attached hydrogens (tertiary/aromatic N) is 2. The van der Waals surface area contributed by atoms with E-state index in [-0.39, 0.29) is 23.8 Å². The third-order valence-corrected chi connectivity index (χ3v) is 5.31. The van der Waals surface area contributed by atoms with Crippen LogP contribution in [0.2, 0.25) is 0 Å². The SMILES string of the molecule is COCC(=O)N1CCC2(CC1)CC(=O)N(Cc1cccc(C)c1)C2. The molecule has 0 aliphatic carbocycles. The van der Waals surface area contributed by atoms with Gasteiger partial charge in [0, 0.05) is 45.1 Å². The van der Waals surface area contributed by atoms with Crippen molar-refractivity contribution in [3.05, 3.63) is 35.4 Å². The van der Waals surface area contributed by atoms with Crippen molar-refractivity contribution < 1.29 is 14.3 Å². The molecule has 3 rings (SSSR count). The predicted octanol–water partition coefficient (Wildman–Crippen LogP) is 1.98. The first kappa shape index (κ1) is 17.0. The van der Waals surface area contributed by atoms with Crippen LogP contribution in [0.15, 0.2) is 24.3 Å². The van der Waals surface area contributed by atoms with Crippen molar-refractivity contribution in [3.63, 3.8) is 0 Å². The Hall–Kier alpha value is -1.88. The number of benzene rings is 1. The monoisotopic (exact) mass is 330 g/mol. The molecule has 5 heteroatoms. The van der Waals surface area contributed by atoms with Crippen LogP contribution < -0.4 is 0 Å². The summed E-state index contributed by atoms with van der Waals surface area (Å²) in [7, 11) is 1.54. The van der Waals surface area contributed by atoms with Gasteiger partial charge in [-0.15, -0.1) is 0 Å². The molecule has 130 valence electrons. The predicted molar refractivity (Wildman–Crippen MR) is 91.3 cm³/mol. The van der Waals surface area contributed by atoms with E-state index < -0.39 is 0 Å². The number of ether oxygens (including phenoxy) is 1. The molecular weight excluding hydrogens is 304 g/mol. The molecule has 0 saturated carbocycles. The van der Waals surface area contributed by atoms with Gasteiger partial charge in [0.15, 0.2) is 0 Å². The smallest absolute Gasteiger partial charge is 0.248 e. The summed E-state index contributed by atoms with van der Waals surface area (Å²) in [4.78, 5) is 28.3. The minimum Gasteiger partial charge on any atom is -0.375 e. The van der Waals surface area contributed by atoms with E-state index in [1.54, 1.807) is 7.11 Å². The van der Waals surface area contributed by atoms with Gasteiger partial charge in [-0.2, -0.15) is 0 Å². The molecule has 0 atom stereocenters. The molecule has 0 bridgehead atoms. The van der Waals surface area contributed by atoms with Crippen LogP contribution in [0.5, 0.6) is 0 Å². The first-order valence-electron chi connectivity index (χ1n) is 8.61. The normalized spacial score (nSPS) is 20.0. The maximum atomic E-state index is 12.5. The fourth-order valence-corrected chi connectivity index (χ4v) is 3.94. The molecule has 0 N–H and O–H groups in total. The molecule has 5 nitrogen and oxygen atoms in total. The molecule has 0 radical (unpaired) electrons. The Balaban J connectivity index is 1.60. The molecule has 24 heavy (non-hydrogen) atoms. The molecule has 1 aromatic carbocycles. The van der Waals surface area contributed by atoms with Gasteiger partial charge in [-0.25, -0.2) is 0 Å². The van der Waals surface area contributed by atoms with Gasteiger partial charge in [0.1, 0.15) is 6.61 Å². The van der Waals surface area contributed by atoms with Crippen molar-refractivity contribution >= 4 is 11.8 Å². The van der Waals surface area contributed by atoms with Crippen molar-refractivity contribution in [2.45, 2.75) is 32.7 Å². The Morgan fingerprint density at radius 3 is 2.71 bits per heavy atom. The van der Waals surface area contributed by atoms with Crippen molar-refractivity contribution in [3.8, 4) is 0 Å². The van der Waals surface area contributed by atoms with E-state index >= 15 is 0 Å². The fraction of sp³-hybridized carbons (Fsp3) is 0.579. The molecule has 2 amide bonds. The first-order chi connectivity index (χ1) is 11.5. The van der Waals surface area contributed by atoms with E-state index in [2.05, 4.69) is 25.1 Å². The third kappa shape index (κ3) is 3.61. The van der Waals surface area contributed by atoms with Crippen molar-refractivity contribution in [1.29, 1.82) is 0 Å². The van der Waals surface area contributed by atoms with E-state index in [1.807, 2.05) is 15.9 Å². The van der Waals surface area contributed by atoms with Gasteiger partial charge in [0.25, 0.3) is 0 Å². The van der Waals surface area contributed by atoms with Crippen LogP contribution in [0.1, 0.15) is 30.4 Å². The number of methoxy groups -OCH3 is 1. The molecule has 0 unspecified atom stereocenters. The average Bonchev–Trinajstić information content (AvgIpc) is 2.83. The zero-order valence-electron chi connectivity index (χ0n) is 14.6. The number of hydrogen-bond donors (Lipinski definition) is 0.